The fourth-order valence-corrected chi connectivity index (χ4v) is 10.7. The van der Waals surface area contributed by atoms with E-state index in [0.717, 1.165) is 44.1 Å². The van der Waals surface area contributed by atoms with E-state index < -0.39 is 53.6 Å². The summed E-state index contributed by atoms with van der Waals surface area (Å²) in [6.45, 7) is 11.1. The molecule has 0 aromatic carbocycles. The number of hydrogen-bond acceptors (Lipinski definition) is 9. The Bertz CT molecular complexity index is 1100. The van der Waals surface area contributed by atoms with Gasteiger partial charge in [0.2, 0.25) is 0 Å². The van der Waals surface area contributed by atoms with Crippen LogP contribution in [0.2, 0.25) is 0 Å². The molecule has 3 saturated carbocycles. The molecule has 0 amide bonds. The lowest BCUT2D eigenvalue weighted by Crippen LogP contribution is -2.62. The molecule has 4 aliphatic carbocycles. The molecular formula is C32H48O9. The molecule has 0 unspecified atom stereocenters. The minimum Gasteiger partial charge on any atom is -0.393 e. The van der Waals surface area contributed by atoms with Crippen LogP contribution in [0.25, 0.3) is 0 Å². The summed E-state index contributed by atoms with van der Waals surface area (Å²) in [5.41, 5.74) is 0.558. The Morgan fingerprint density at radius 1 is 1.05 bits per heavy atom. The molecule has 230 valence electrons. The van der Waals surface area contributed by atoms with Crippen molar-refractivity contribution in [1.82, 2.24) is 0 Å². The second-order valence-electron chi connectivity index (χ2n) is 14.8. The van der Waals surface area contributed by atoms with Crippen molar-refractivity contribution in [3.63, 3.8) is 0 Å². The van der Waals surface area contributed by atoms with Crippen LogP contribution in [0.3, 0.4) is 0 Å². The molecule has 15 atom stereocenters. The second-order valence-corrected chi connectivity index (χ2v) is 14.8. The number of rotatable bonds is 2. The van der Waals surface area contributed by atoms with Gasteiger partial charge in [-0.25, -0.2) is 0 Å². The first kappa shape index (κ1) is 28.9. The summed E-state index contributed by atoms with van der Waals surface area (Å²) in [5, 5.41) is 54.3. The summed E-state index contributed by atoms with van der Waals surface area (Å²) >= 11 is 0. The summed E-state index contributed by atoms with van der Waals surface area (Å²) in [6.07, 6.45) is 2.05. The minimum atomic E-state index is -1.38. The van der Waals surface area contributed by atoms with E-state index in [1.165, 1.54) is 5.57 Å². The lowest BCUT2D eigenvalue weighted by Gasteiger charge is -2.61. The Balaban J connectivity index is 1.17. The lowest BCUT2D eigenvalue weighted by atomic mass is 9.45. The highest BCUT2D eigenvalue weighted by Crippen LogP contribution is 2.72. The van der Waals surface area contributed by atoms with Gasteiger partial charge in [-0.3, -0.25) is 0 Å². The molecule has 7 rings (SSSR count). The van der Waals surface area contributed by atoms with Crippen LogP contribution in [0.15, 0.2) is 23.8 Å². The van der Waals surface area contributed by atoms with E-state index >= 15 is 0 Å². The first-order valence-corrected chi connectivity index (χ1v) is 15.7. The van der Waals surface area contributed by atoms with Gasteiger partial charge in [0.1, 0.15) is 23.9 Å². The zero-order valence-corrected chi connectivity index (χ0v) is 24.6. The van der Waals surface area contributed by atoms with Crippen LogP contribution in [0, 0.1) is 34.5 Å². The van der Waals surface area contributed by atoms with Gasteiger partial charge < -0.3 is 44.5 Å². The molecule has 1 spiro atoms. The molecule has 3 aliphatic heterocycles. The largest absolute Gasteiger partial charge is 0.393 e. The van der Waals surface area contributed by atoms with Crippen molar-refractivity contribution in [2.75, 3.05) is 13.2 Å². The first-order valence-electron chi connectivity index (χ1n) is 15.7. The smallest absolute Gasteiger partial charge is 0.186 e. The summed E-state index contributed by atoms with van der Waals surface area (Å²) < 4.78 is 25.1. The van der Waals surface area contributed by atoms with Crippen molar-refractivity contribution in [2.24, 2.45) is 34.5 Å². The van der Waals surface area contributed by atoms with Gasteiger partial charge in [-0.05, 0) is 56.3 Å². The Kier molecular flexibility index (Phi) is 6.73. The molecule has 6 fully saturated rings. The van der Waals surface area contributed by atoms with E-state index in [9.17, 15) is 25.5 Å². The van der Waals surface area contributed by atoms with Crippen LogP contribution >= 0.6 is 0 Å². The predicted molar refractivity (Wildman–Crippen MR) is 147 cm³/mol. The van der Waals surface area contributed by atoms with Crippen molar-refractivity contribution in [3.8, 4) is 0 Å². The number of aliphatic hydroxyl groups excluding tert-OH is 4. The van der Waals surface area contributed by atoms with Crippen molar-refractivity contribution in [1.29, 1.82) is 0 Å². The van der Waals surface area contributed by atoms with Crippen molar-refractivity contribution in [2.45, 2.75) is 126 Å². The van der Waals surface area contributed by atoms with E-state index in [1.54, 1.807) is 0 Å². The maximum absolute atomic E-state index is 12.6. The quantitative estimate of drug-likeness (QED) is 0.313. The van der Waals surface area contributed by atoms with Crippen molar-refractivity contribution >= 4 is 0 Å². The Morgan fingerprint density at radius 2 is 1.83 bits per heavy atom. The highest BCUT2D eigenvalue weighted by molar-refractivity contribution is 5.30. The van der Waals surface area contributed by atoms with Gasteiger partial charge in [0.05, 0.1) is 31.5 Å². The minimum absolute atomic E-state index is 0.123. The van der Waals surface area contributed by atoms with E-state index in [4.69, 9.17) is 18.9 Å². The summed E-state index contributed by atoms with van der Waals surface area (Å²) in [5.74, 6) is -0.0889. The second kappa shape index (κ2) is 9.56. The van der Waals surface area contributed by atoms with Crippen LogP contribution in [-0.2, 0) is 18.9 Å². The van der Waals surface area contributed by atoms with Crippen molar-refractivity contribution < 1.29 is 44.5 Å². The van der Waals surface area contributed by atoms with E-state index in [-0.39, 0.29) is 35.9 Å². The monoisotopic (exact) mass is 576 g/mol. The molecule has 7 aliphatic rings. The van der Waals surface area contributed by atoms with E-state index in [0.29, 0.717) is 25.4 Å². The molecule has 3 saturated heterocycles. The Morgan fingerprint density at radius 3 is 2.56 bits per heavy atom. The third-order valence-electron chi connectivity index (χ3n) is 13.2. The molecule has 3 heterocycles. The van der Waals surface area contributed by atoms with E-state index in [2.05, 4.69) is 33.4 Å². The van der Waals surface area contributed by atoms with Gasteiger partial charge in [0.25, 0.3) is 0 Å². The average molecular weight is 577 g/mol. The number of ether oxygens (including phenoxy) is 4. The fraction of sp³-hybridized carbons (Fsp3) is 0.875. The zero-order chi connectivity index (χ0) is 29.1. The molecule has 5 N–H and O–H groups in total. The summed E-state index contributed by atoms with van der Waals surface area (Å²) in [6, 6.07) is 0. The highest BCUT2D eigenvalue weighted by Gasteiger charge is 2.76. The molecule has 9 heteroatoms. The SMILES string of the molecule is C=C1CC[C@]2(OC1)O[C@H]1C[C@H]3[C@H]4CC=C5C[C@@H](O)C[C@@H](O[C@@H]6OC[C@@H](O)[C@H](O)[C@H]6O)[C@]5(C)[C@@H]4CC[C@@]3(C)[C@]1(O)[C@H]2C. The van der Waals surface area contributed by atoms with Crippen LogP contribution < -0.4 is 0 Å². The van der Waals surface area contributed by atoms with Crippen LogP contribution in [0.4, 0.5) is 0 Å². The topological polar surface area (TPSA) is 138 Å². The zero-order valence-electron chi connectivity index (χ0n) is 24.6. The van der Waals surface area contributed by atoms with Crippen LogP contribution in [0.1, 0.15) is 72.1 Å². The number of fused-ring (bicyclic) bond motifs is 7. The normalized spacial score (nSPS) is 58.4. The summed E-state index contributed by atoms with van der Waals surface area (Å²) in [7, 11) is 0. The predicted octanol–water partition coefficient (Wildman–Crippen LogP) is 2.18. The molecule has 0 aromatic rings. The Labute approximate surface area is 242 Å². The summed E-state index contributed by atoms with van der Waals surface area (Å²) in [4.78, 5) is 0. The number of aliphatic hydroxyl groups is 5. The third-order valence-corrected chi connectivity index (χ3v) is 13.2. The molecule has 41 heavy (non-hydrogen) atoms. The Hall–Kier alpha value is -0.880. The average Bonchev–Trinajstić information content (AvgIpc) is 3.29. The molecular weight excluding hydrogens is 528 g/mol. The third kappa shape index (κ3) is 3.80. The standard InChI is InChI=1S/C32H48O9/c1-16-7-10-31(39-14-16)17(2)32(37)25(41-31)13-22-20-6-5-18-11-19(33)12-24(30(18,4)21(20)8-9-29(22,32)3)40-28-27(36)26(35)23(34)15-38-28/h5,17,19-28,33-37H,1,6-15H2,2-4H3/t17-,19+,20-,21+,22-,23+,24+,25-,26-,27+,28-,29+,30-,31-,32-/m0/s1. The highest BCUT2D eigenvalue weighted by atomic mass is 16.7. The van der Waals surface area contributed by atoms with Crippen LogP contribution in [-0.4, -0.2) is 93.0 Å². The van der Waals surface area contributed by atoms with Gasteiger partial charge in [0.15, 0.2) is 12.1 Å². The van der Waals surface area contributed by atoms with Gasteiger partial charge in [0, 0.05) is 29.6 Å². The maximum atomic E-state index is 12.6. The molecule has 0 bridgehead atoms. The van der Waals surface area contributed by atoms with E-state index in [1.807, 2.05) is 0 Å². The number of hydrogen-bond donors (Lipinski definition) is 5. The lowest BCUT2D eigenvalue weighted by molar-refractivity contribution is -0.300. The molecule has 9 nitrogen and oxygen atoms in total. The van der Waals surface area contributed by atoms with Gasteiger partial charge >= 0.3 is 0 Å². The van der Waals surface area contributed by atoms with Crippen molar-refractivity contribution in [3.05, 3.63) is 23.8 Å². The van der Waals surface area contributed by atoms with Crippen LogP contribution in [0.5, 0.6) is 0 Å². The molecule has 0 aromatic heterocycles. The van der Waals surface area contributed by atoms with Gasteiger partial charge in [-0.15, -0.1) is 0 Å². The first-order chi connectivity index (χ1) is 19.3. The van der Waals surface area contributed by atoms with Gasteiger partial charge in [-0.2, -0.15) is 0 Å². The maximum Gasteiger partial charge on any atom is 0.186 e. The number of allylic oxidation sites excluding steroid dienone is 1. The van der Waals surface area contributed by atoms with Gasteiger partial charge in [-0.1, -0.05) is 44.6 Å². The molecule has 0 radical (unpaired) electrons. The fourth-order valence-electron chi connectivity index (χ4n) is 10.7.